The van der Waals surface area contributed by atoms with Crippen molar-refractivity contribution in [2.75, 3.05) is 19.7 Å². The summed E-state index contributed by atoms with van der Waals surface area (Å²) in [6.45, 7) is 7.52. The van der Waals surface area contributed by atoms with Gasteiger partial charge in [0.05, 0.1) is 6.04 Å². The van der Waals surface area contributed by atoms with E-state index in [2.05, 4.69) is 4.90 Å². The lowest BCUT2D eigenvalue weighted by atomic mass is 9.79. The van der Waals surface area contributed by atoms with E-state index in [4.69, 9.17) is 14.2 Å². The van der Waals surface area contributed by atoms with Gasteiger partial charge in [0.25, 0.3) is 0 Å². The molecular weight excluding hydrogens is 366 g/mol. The zero-order chi connectivity index (χ0) is 20.7. The average molecular weight is 395 g/mol. The van der Waals surface area contributed by atoms with Crippen molar-refractivity contribution in [1.29, 1.82) is 0 Å². The predicted octanol–water partition coefficient (Wildman–Crippen LogP) is 0.958. The van der Waals surface area contributed by atoms with Crippen molar-refractivity contribution in [1.82, 2.24) is 4.90 Å². The van der Waals surface area contributed by atoms with Gasteiger partial charge < -0.3 is 19.3 Å². The molecule has 3 aliphatic heterocycles. The lowest BCUT2D eigenvalue weighted by molar-refractivity contribution is -0.192. The minimum Gasteiger partial charge on any atom is -0.458 e. The van der Waals surface area contributed by atoms with Crippen LogP contribution in [0.3, 0.4) is 0 Å². The molecule has 0 aromatic rings. The van der Waals surface area contributed by atoms with Gasteiger partial charge in [0, 0.05) is 25.9 Å². The van der Waals surface area contributed by atoms with Gasteiger partial charge in [0.15, 0.2) is 5.60 Å². The summed E-state index contributed by atoms with van der Waals surface area (Å²) in [5.41, 5.74) is -2.54. The number of cyclic esters (lactones) is 1. The third kappa shape index (κ3) is 3.55. The fourth-order valence-corrected chi connectivity index (χ4v) is 4.38. The third-order valence-electron chi connectivity index (χ3n) is 6.35. The second-order valence-corrected chi connectivity index (χ2v) is 8.22. The first kappa shape index (κ1) is 20.8. The van der Waals surface area contributed by atoms with Gasteiger partial charge in [0.1, 0.15) is 12.7 Å². The number of hydrogen-bond acceptors (Lipinski definition) is 8. The molecule has 28 heavy (non-hydrogen) atoms. The van der Waals surface area contributed by atoms with Crippen LogP contribution in [0.5, 0.6) is 0 Å². The van der Waals surface area contributed by atoms with Crippen molar-refractivity contribution in [2.45, 2.75) is 70.3 Å². The summed E-state index contributed by atoms with van der Waals surface area (Å²) in [7, 11) is 0. The molecule has 8 heteroatoms. The Morgan fingerprint density at radius 2 is 2.11 bits per heavy atom. The van der Waals surface area contributed by atoms with Crippen LogP contribution < -0.4 is 0 Å². The molecule has 3 rings (SSSR count). The van der Waals surface area contributed by atoms with E-state index in [1.807, 2.05) is 6.08 Å². The number of esters is 3. The molecule has 0 saturated carbocycles. The molecule has 0 aromatic carbocycles. The Balaban J connectivity index is 1.97. The lowest BCUT2D eigenvalue weighted by Gasteiger charge is -2.38. The number of hydrogen-bond donors (Lipinski definition) is 1. The summed E-state index contributed by atoms with van der Waals surface area (Å²) in [5.74, 6) is -2.69. The second kappa shape index (κ2) is 7.48. The number of carbonyl (C=O) groups excluding carboxylic acids is 3. The van der Waals surface area contributed by atoms with E-state index in [9.17, 15) is 19.5 Å². The Hall–Kier alpha value is -1.93. The topological polar surface area (TPSA) is 102 Å². The molecule has 1 N–H and O–H groups in total. The van der Waals surface area contributed by atoms with Crippen LogP contribution >= 0.6 is 0 Å². The quantitative estimate of drug-likeness (QED) is 0.419. The predicted molar refractivity (Wildman–Crippen MR) is 98.1 cm³/mol. The van der Waals surface area contributed by atoms with E-state index in [0.717, 1.165) is 12.1 Å². The SMILES string of the molecule is CC[C@@]1(O)C[C@@H](C)[C@](C)(OC(C)=O)C(=O)OCC2=CCN3CC[C@@H](OC1=O)[C@@H]23. The van der Waals surface area contributed by atoms with Crippen LogP contribution in [0.2, 0.25) is 0 Å². The van der Waals surface area contributed by atoms with E-state index in [0.29, 0.717) is 13.0 Å². The van der Waals surface area contributed by atoms with Crippen molar-refractivity contribution >= 4 is 17.9 Å². The van der Waals surface area contributed by atoms with E-state index in [1.165, 1.54) is 13.8 Å². The molecule has 0 unspecified atom stereocenters. The molecule has 0 amide bonds. The van der Waals surface area contributed by atoms with Gasteiger partial charge in [-0.25, -0.2) is 9.59 Å². The third-order valence-corrected chi connectivity index (χ3v) is 6.35. The molecule has 2 saturated heterocycles. The highest BCUT2D eigenvalue weighted by Gasteiger charge is 2.51. The molecule has 0 spiro atoms. The standard InChI is InChI=1S/C20H29NO7/c1-5-20(25)10-12(2)19(4,28-13(3)22)17(23)26-11-14-6-8-21-9-7-15(16(14)21)27-18(20)24/h6,12,15-16,25H,5,7-11H2,1-4H3/t12-,15-,16-,19+,20-/m1/s1. The van der Waals surface area contributed by atoms with Crippen LogP contribution in [-0.4, -0.2) is 71.0 Å². The largest absolute Gasteiger partial charge is 0.458 e. The number of rotatable bonds is 2. The van der Waals surface area contributed by atoms with Crippen molar-refractivity contribution in [3.63, 3.8) is 0 Å². The molecular formula is C20H29NO7. The van der Waals surface area contributed by atoms with Crippen molar-refractivity contribution in [3.05, 3.63) is 11.6 Å². The van der Waals surface area contributed by atoms with Gasteiger partial charge in [0.2, 0.25) is 5.60 Å². The molecule has 3 aliphatic rings. The molecule has 2 fully saturated rings. The normalized spacial score (nSPS) is 39.2. The second-order valence-electron chi connectivity index (χ2n) is 8.22. The molecule has 3 heterocycles. The van der Waals surface area contributed by atoms with Crippen LogP contribution in [0.25, 0.3) is 0 Å². The first-order valence-electron chi connectivity index (χ1n) is 9.84. The minimum atomic E-state index is -1.78. The van der Waals surface area contributed by atoms with E-state index < -0.39 is 35.0 Å². The van der Waals surface area contributed by atoms with Gasteiger partial charge in [-0.2, -0.15) is 0 Å². The molecule has 8 nitrogen and oxygen atoms in total. The van der Waals surface area contributed by atoms with E-state index in [1.54, 1.807) is 13.8 Å². The van der Waals surface area contributed by atoms with E-state index in [-0.39, 0.29) is 31.6 Å². The molecule has 0 bridgehead atoms. The maximum Gasteiger partial charge on any atom is 0.350 e. The van der Waals surface area contributed by atoms with Crippen LogP contribution in [0.4, 0.5) is 0 Å². The fourth-order valence-electron chi connectivity index (χ4n) is 4.38. The first-order valence-corrected chi connectivity index (χ1v) is 9.84. The maximum atomic E-state index is 12.9. The number of aliphatic hydroxyl groups is 1. The highest BCUT2D eigenvalue weighted by atomic mass is 16.6. The van der Waals surface area contributed by atoms with Crippen molar-refractivity contribution in [2.24, 2.45) is 5.92 Å². The number of carbonyl (C=O) groups is 3. The Bertz CT molecular complexity index is 705. The summed E-state index contributed by atoms with van der Waals surface area (Å²) >= 11 is 0. The zero-order valence-electron chi connectivity index (χ0n) is 16.9. The zero-order valence-corrected chi connectivity index (χ0v) is 16.9. The average Bonchev–Trinajstić information content (AvgIpc) is 3.21. The molecule has 5 atom stereocenters. The van der Waals surface area contributed by atoms with Crippen molar-refractivity contribution < 1.29 is 33.7 Å². The minimum absolute atomic E-state index is 0.0513. The van der Waals surface area contributed by atoms with E-state index >= 15 is 0 Å². The van der Waals surface area contributed by atoms with Crippen molar-refractivity contribution in [3.8, 4) is 0 Å². The van der Waals surface area contributed by atoms with Crippen LogP contribution in [0, 0.1) is 5.92 Å². The van der Waals surface area contributed by atoms with Crippen LogP contribution in [0.1, 0.15) is 47.0 Å². The Morgan fingerprint density at radius 3 is 2.75 bits per heavy atom. The molecule has 0 aromatic heterocycles. The number of ether oxygens (including phenoxy) is 3. The summed E-state index contributed by atoms with van der Waals surface area (Å²) in [6, 6.07) is -0.158. The lowest BCUT2D eigenvalue weighted by Crippen LogP contribution is -2.53. The molecule has 0 aliphatic carbocycles. The van der Waals surface area contributed by atoms with Gasteiger partial charge in [-0.1, -0.05) is 19.9 Å². The summed E-state index contributed by atoms with van der Waals surface area (Å²) < 4.78 is 16.6. The Labute approximate surface area is 164 Å². The van der Waals surface area contributed by atoms with Gasteiger partial charge in [-0.15, -0.1) is 0 Å². The summed E-state index contributed by atoms with van der Waals surface area (Å²) in [5, 5.41) is 11.0. The highest BCUT2D eigenvalue weighted by Crippen LogP contribution is 2.37. The summed E-state index contributed by atoms with van der Waals surface area (Å²) in [6.07, 6.45) is 2.29. The molecule has 156 valence electrons. The molecule has 0 radical (unpaired) electrons. The van der Waals surface area contributed by atoms with Crippen LogP contribution in [-0.2, 0) is 28.6 Å². The first-order chi connectivity index (χ1) is 13.1. The smallest absolute Gasteiger partial charge is 0.350 e. The Kier molecular flexibility index (Phi) is 5.55. The Morgan fingerprint density at radius 1 is 1.39 bits per heavy atom. The van der Waals surface area contributed by atoms with Crippen LogP contribution in [0.15, 0.2) is 11.6 Å². The monoisotopic (exact) mass is 395 g/mol. The maximum absolute atomic E-state index is 12.9. The highest BCUT2D eigenvalue weighted by molar-refractivity contribution is 5.84. The van der Waals surface area contributed by atoms with Gasteiger partial charge >= 0.3 is 17.9 Å². The van der Waals surface area contributed by atoms with Gasteiger partial charge in [-0.05, 0) is 31.8 Å². The van der Waals surface area contributed by atoms with Gasteiger partial charge in [-0.3, -0.25) is 9.69 Å². The number of nitrogens with zero attached hydrogens (tertiary/aromatic N) is 1. The fraction of sp³-hybridized carbons (Fsp3) is 0.750. The summed E-state index contributed by atoms with van der Waals surface area (Å²) in [4.78, 5) is 39.6.